The van der Waals surface area contributed by atoms with Crippen LogP contribution in [0.1, 0.15) is 110 Å². The molecule has 0 nitrogen and oxygen atoms in total. The number of unbranched alkanes of at least 4 members (excludes halogenated alkanes) is 6. The van der Waals surface area contributed by atoms with Gasteiger partial charge in [0.1, 0.15) is 0 Å². The second-order valence-corrected chi connectivity index (χ2v) is 6.86. The van der Waals surface area contributed by atoms with Crippen molar-refractivity contribution in [1.82, 2.24) is 0 Å². The number of hydrogen-bond acceptors (Lipinski definition) is 0. The van der Waals surface area contributed by atoms with Crippen LogP contribution in [0.5, 0.6) is 0 Å². The highest BCUT2D eigenvalue weighted by Gasteiger charge is 2.22. The first-order valence-corrected chi connectivity index (χ1v) is 9.38. The summed E-state index contributed by atoms with van der Waals surface area (Å²) in [4.78, 5) is 0. The Morgan fingerprint density at radius 2 is 1.21 bits per heavy atom. The quantitative estimate of drug-likeness (QED) is 0.349. The highest BCUT2D eigenvalue weighted by Crippen LogP contribution is 2.35. The molecule has 0 heteroatoms. The molecule has 1 aliphatic rings. The van der Waals surface area contributed by atoms with Crippen molar-refractivity contribution in [3.8, 4) is 0 Å². The maximum Gasteiger partial charge on any atom is -0.0386 e. The molecule has 0 saturated heterocycles. The minimum atomic E-state index is 1.08. The van der Waals surface area contributed by atoms with Gasteiger partial charge in [-0.15, -0.1) is 0 Å². The monoisotopic (exact) mass is 266 g/mol. The van der Waals surface area contributed by atoms with Crippen LogP contribution in [0.15, 0.2) is 0 Å². The van der Waals surface area contributed by atoms with Gasteiger partial charge in [0.05, 0.1) is 0 Å². The molecule has 0 aromatic rings. The summed E-state index contributed by atoms with van der Waals surface area (Å²) in [5.74, 6) is 2.17. The average molecular weight is 267 g/mol. The zero-order chi connectivity index (χ0) is 13.8. The molecule has 0 bridgehead atoms. The lowest BCUT2D eigenvalue weighted by Crippen LogP contribution is -2.18. The standard InChI is InChI=1S/C19H38/c1-3-5-7-8-11-15-18(14-10-6-4-2)19-16-12-9-13-17-19/h18-19H,3-17H2,1-2H3. The van der Waals surface area contributed by atoms with E-state index in [-0.39, 0.29) is 0 Å². The minimum absolute atomic E-state index is 1.08. The Hall–Kier alpha value is 0. The molecule has 0 spiro atoms. The third-order valence-corrected chi connectivity index (χ3v) is 5.17. The van der Waals surface area contributed by atoms with Gasteiger partial charge in [0, 0.05) is 0 Å². The van der Waals surface area contributed by atoms with Gasteiger partial charge in [-0.25, -0.2) is 0 Å². The van der Waals surface area contributed by atoms with Crippen LogP contribution in [-0.4, -0.2) is 0 Å². The Bertz CT molecular complexity index is 178. The molecular weight excluding hydrogens is 228 g/mol. The lowest BCUT2D eigenvalue weighted by atomic mass is 9.75. The maximum absolute atomic E-state index is 2.33. The summed E-state index contributed by atoms with van der Waals surface area (Å²) in [6.07, 6.45) is 22.3. The lowest BCUT2D eigenvalue weighted by Gasteiger charge is -2.30. The lowest BCUT2D eigenvalue weighted by molar-refractivity contribution is 0.215. The van der Waals surface area contributed by atoms with E-state index in [0.29, 0.717) is 0 Å². The third kappa shape index (κ3) is 8.00. The Labute approximate surface area is 122 Å². The van der Waals surface area contributed by atoms with Crippen molar-refractivity contribution in [1.29, 1.82) is 0 Å². The van der Waals surface area contributed by atoms with Gasteiger partial charge in [-0.05, 0) is 11.8 Å². The van der Waals surface area contributed by atoms with Gasteiger partial charge in [-0.2, -0.15) is 0 Å². The van der Waals surface area contributed by atoms with Crippen molar-refractivity contribution in [3.63, 3.8) is 0 Å². The summed E-state index contributed by atoms with van der Waals surface area (Å²) in [7, 11) is 0. The van der Waals surface area contributed by atoms with E-state index in [1.54, 1.807) is 12.8 Å². The van der Waals surface area contributed by atoms with E-state index in [0.717, 1.165) is 11.8 Å². The second kappa shape index (κ2) is 11.8. The van der Waals surface area contributed by atoms with Gasteiger partial charge in [-0.3, -0.25) is 0 Å². The van der Waals surface area contributed by atoms with E-state index in [2.05, 4.69) is 13.8 Å². The van der Waals surface area contributed by atoms with Crippen molar-refractivity contribution in [2.24, 2.45) is 11.8 Å². The van der Waals surface area contributed by atoms with E-state index < -0.39 is 0 Å². The van der Waals surface area contributed by atoms with E-state index in [1.807, 2.05) is 0 Å². The minimum Gasteiger partial charge on any atom is -0.0654 e. The Morgan fingerprint density at radius 3 is 1.84 bits per heavy atom. The second-order valence-electron chi connectivity index (χ2n) is 6.86. The molecule has 0 N–H and O–H groups in total. The predicted molar refractivity (Wildman–Crippen MR) is 87.6 cm³/mol. The summed E-state index contributed by atoms with van der Waals surface area (Å²) >= 11 is 0. The molecule has 0 radical (unpaired) electrons. The van der Waals surface area contributed by atoms with Crippen molar-refractivity contribution in [2.45, 2.75) is 110 Å². The van der Waals surface area contributed by atoms with Crippen LogP contribution in [0.25, 0.3) is 0 Å². The summed E-state index contributed by atoms with van der Waals surface area (Å²) in [6, 6.07) is 0. The Kier molecular flexibility index (Phi) is 10.6. The summed E-state index contributed by atoms with van der Waals surface area (Å²) in [5, 5.41) is 0. The van der Waals surface area contributed by atoms with Gasteiger partial charge < -0.3 is 0 Å². The van der Waals surface area contributed by atoms with Crippen LogP contribution in [-0.2, 0) is 0 Å². The Balaban J connectivity index is 2.22. The first-order chi connectivity index (χ1) is 9.38. The molecule has 0 amide bonds. The van der Waals surface area contributed by atoms with Crippen LogP contribution in [0, 0.1) is 11.8 Å². The van der Waals surface area contributed by atoms with Gasteiger partial charge in [0.25, 0.3) is 0 Å². The average Bonchev–Trinajstić information content (AvgIpc) is 2.46. The molecule has 0 aromatic carbocycles. The van der Waals surface area contributed by atoms with Crippen molar-refractivity contribution >= 4 is 0 Å². The van der Waals surface area contributed by atoms with E-state index in [9.17, 15) is 0 Å². The number of hydrogen-bond donors (Lipinski definition) is 0. The highest BCUT2D eigenvalue weighted by molar-refractivity contribution is 4.74. The first-order valence-electron chi connectivity index (χ1n) is 9.38. The van der Waals surface area contributed by atoms with Crippen LogP contribution in [0.3, 0.4) is 0 Å². The van der Waals surface area contributed by atoms with Crippen molar-refractivity contribution in [2.75, 3.05) is 0 Å². The van der Waals surface area contributed by atoms with Gasteiger partial charge in [0.15, 0.2) is 0 Å². The smallest absolute Gasteiger partial charge is 0.0386 e. The Morgan fingerprint density at radius 1 is 0.684 bits per heavy atom. The molecular formula is C19H38. The maximum atomic E-state index is 2.33. The molecule has 1 aliphatic carbocycles. The fourth-order valence-corrected chi connectivity index (χ4v) is 3.89. The molecule has 0 aromatic heterocycles. The topological polar surface area (TPSA) is 0 Å². The van der Waals surface area contributed by atoms with Crippen LogP contribution >= 0.6 is 0 Å². The molecule has 114 valence electrons. The molecule has 1 atom stereocenters. The van der Waals surface area contributed by atoms with Crippen LogP contribution in [0.2, 0.25) is 0 Å². The normalized spacial score (nSPS) is 18.6. The molecule has 1 unspecified atom stereocenters. The third-order valence-electron chi connectivity index (χ3n) is 5.17. The van der Waals surface area contributed by atoms with Crippen molar-refractivity contribution in [3.05, 3.63) is 0 Å². The van der Waals surface area contributed by atoms with Crippen LogP contribution < -0.4 is 0 Å². The zero-order valence-electron chi connectivity index (χ0n) is 13.8. The summed E-state index contributed by atoms with van der Waals surface area (Å²) in [5.41, 5.74) is 0. The predicted octanol–water partition coefficient (Wildman–Crippen LogP) is 7.12. The number of rotatable bonds is 11. The molecule has 19 heavy (non-hydrogen) atoms. The van der Waals surface area contributed by atoms with E-state index in [1.165, 1.54) is 83.5 Å². The van der Waals surface area contributed by atoms with Gasteiger partial charge in [-0.1, -0.05) is 110 Å². The molecule has 1 fully saturated rings. The summed E-state index contributed by atoms with van der Waals surface area (Å²) in [6.45, 7) is 4.65. The van der Waals surface area contributed by atoms with Gasteiger partial charge in [0.2, 0.25) is 0 Å². The SMILES string of the molecule is CCCCCCCC(CCCCC)C1CCCCC1. The van der Waals surface area contributed by atoms with Crippen molar-refractivity contribution < 1.29 is 0 Å². The van der Waals surface area contributed by atoms with E-state index in [4.69, 9.17) is 0 Å². The van der Waals surface area contributed by atoms with E-state index >= 15 is 0 Å². The highest BCUT2D eigenvalue weighted by atomic mass is 14.3. The summed E-state index contributed by atoms with van der Waals surface area (Å²) < 4.78 is 0. The van der Waals surface area contributed by atoms with Gasteiger partial charge >= 0.3 is 0 Å². The molecule has 0 heterocycles. The zero-order valence-corrected chi connectivity index (χ0v) is 13.8. The largest absolute Gasteiger partial charge is 0.0654 e. The fourth-order valence-electron chi connectivity index (χ4n) is 3.89. The fraction of sp³-hybridized carbons (Fsp3) is 1.00. The first kappa shape index (κ1) is 17.1. The molecule has 1 rings (SSSR count). The van der Waals surface area contributed by atoms with Crippen LogP contribution in [0.4, 0.5) is 0 Å². The molecule has 1 saturated carbocycles. The molecule has 0 aliphatic heterocycles.